The van der Waals surface area contributed by atoms with Crippen LogP contribution in [-0.2, 0) is 20.0 Å². The first-order valence-electron chi connectivity index (χ1n) is 11.3. The number of benzene rings is 2. The summed E-state index contributed by atoms with van der Waals surface area (Å²) in [5.74, 6) is -2.75. The maximum absolute atomic E-state index is 15.2. The van der Waals surface area contributed by atoms with Crippen LogP contribution in [0.2, 0.25) is 5.02 Å². The highest BCUT2D eigenvalue weighted by molar-refractivity contribution is 6.31. The van der Waals surface area contributed by atoms with Gasteiger partial charge in [-0.15, -0.1) is 0 Å². The minimum atomic E-state index is -2.59. The molecule has 2 aromatic heterocycles. The predicted molar refractivity (Wildman–Crippen MR) is 109 cm³/mol. The third kappa shape index (κ3) is 2.93. The summed E-state index contributed by atoms with van der Waals surface area (Å²) in [6, 6.07) is 7.77. The van der Waals surface area contributed by atoms with E-state index in [0.29, 0.717) is 5.39 Å². The molecule has 0 radical (unpaired) electrons. The van der Waals surface area contributed by atoms with Crippen LogP contribution in [0.3, 0.4) is 0 Å². The quantitative estimate of drug-likeness (QED) is 0.473. The molecular formula is C22H15ClF2N4O. The zero-order valence-electron chi connectivity index (χ0n) is 20.2. The topological polar surface area (TPSA) is 51.0 Å². The lowest BCUT2D eigenvalue weighted by atomic mass is 9.99. The van der Waals surface area contributed by atoms with Crippen molar-refractivity contribution < 1.29 is 20.4 Å². The number of amides is 1. The minimum absolute atomic E-state index is 0.0301. The van der Waals surface area contributed by atoms with E-state index in [9.17, 15) is 4.79 Å². The first-order chi connectivity index (χ1) is 16.4. The summed E-state index contributed by atoms with van der Waals surface area (Å²) in [5, 5.41) is 4.35. The fourth-order valence-electron chi connectivity index (χ4n) is 3.50. The van der Waals surface area contributed by atoms with Gasteiger partial charge in [0.25, 0.3) is 5.91 Å². The van der Waals surface area contributed by atoms with E-state index in [1.165, 1.54) is 36.7 Å². The van der Waals surface area contributed by atoms with E-state index < -0.39 is 43.1 Å². The van der Waals surface area contributed by atoms with Gasteiger partial charge in [0.05, 0.1) is 38.8 Å². The van der Waals surface area contributed by atoms with Gasteiger partial charge in [-0.3, -0.25) is 14.5 Å². The second-order valence-electron chi connectivity index (χ2n) is 6.76. The summed E-state index contributed by atoms with van der Waals surface area (Å²) in [5.41, 5.74) is -0.0927. The van der Waals surface area contributed by atoms with Gasteiger partial charge in [-0.2, -0.15) is 5.10 Å². The highest BCUT2D eigenvalue weighted by Crippen LogP contribution is 2.34. The van der Waals surface area contributed by atoms with Crippen molar-refractivity contribution in [3.8, 4) is 11.1 Å². The number of hydrogen-bond acceptors (Lipinski definition) is 3. The molecule has 0 unspecified atom stereocenters. The number of hydrogen-bond donors (Lipinski definition) is 0. The van der Waals surface area contributed by atoms with Gasteiger partial charge < -0.3 is 4.90 Å². The predicted octanol–water partition coefficient (Wildman–Crippen LogP) is 4.72. The van der Waals surface area contributed by atoms with E-state index in [4.69, 9.17) is 18.5 Å². The molecule has 0 atom stereocenters. The van der Waals surface area contributed by atoms with Gasteiger partial charge in [-0.05, 0) is 47.5 Å². The monoisotopic (exact) mass is 429 g/mol. The molecule has 0 fully saturated rings. The van der Waals surface area contributed by atoms with Crippen molar-refractivity contribution in [1.29, 1.82) is 0 Å². The first-order valence-corrected chi connectivity index (χ1v) is 9.21. The van der Waals surface area contributed by atoms with Crippen molar-refractivity contribution in [2.75, 3.05) is 0 Å². The number of pyridine rings is 1. The number of halogens is 3. The Morgan fingerprint density at radius 2 is 2.03 bits per heavy atom. The molecule has 5 nitrogen and oxygen atoms in total. The fourth-order valence-corrected chi connectivity index (χ4v) is 3.71. The molecule has 2 aromatic carbocycles. The van der Waals surface area contributed by atoms with Crippen LogP contribution in [0.25, 0.3) is 22.0 Å². The number of nitrogens with zero attached hydrogens (tertiary/aromatic N) is 4. The first kappa shape index (κ1) is 13.8. The molecule has 0 saturated carbocycles. The molecule has 5 rings (SSSR count). The van der Waals surface area contributed by atoms with Crippen molar-refractivity contribution in [3.05, 3.63) is 82.3 Å². The molecule has 150 valence electrons. The Labute approximate surface area is 182 Å². The SMILES string of the molecule is [2H]C1([2H])c2ncccc2C(=O)N1Cc1c(F)cc(-c2cc(Cl)cc3c2cnn3C([2H])([2H])[2H])cc1F. The third-order valence-electron chi connectivity index (χ3n) is 4.95. The van der Waals surface area contributed by atoms with Gasteiger partial charge in [0.1, 0.15) is 11.6 Å². The molecule has 0 saturated heterocycles. The Hall–Kier alpha value is -3.32. The van der Waals surface area contributed by atoms with E-state index in [0.717, 1.165) is 21.7 Å². The van der Waals surface area contributed by atoms with Gasteiger partial charge in [0.15, 0.2) is 0 Å². The Kier molecular flexibility index (Phi) is 3.17. The normalized spacial score (nSPS) is 17.9. The Morgan fingerprint density at radius 1 is 1.23 bits per heavy atom. The van der Waals surface area contributed by atoms with E-state index in [-0.39, 0.29) is 32.9 Å². The highest BCUT2D eigenvalue weighted by atomic mass is 35.5. The Balaban J connectivity index is 1.57. The molecule has 1 aliphatic rings. The summed E-state index contributed by atoms with van der Waals surface area (Å²) in [4.78, 5) is 17.4. The standard InChI is InChI=1S/C22H15ClF2N4O/c1-28-21-8-13(23)7-15(16(21)9-27-28)12-5-18(24)17(19(25)6-12)10-29-11-20-14(22(29)30)3-2-4-26-20/h2-9H,10-11H2,1H3/i1D3,11D2. The third-order valence-corrected chi connectivity index (χ3v) is 5.16. The van der Waals surface area contributed by atoms with Crippen molar-refractivity contribution in [1.82, 2.24) is 19.7 Å². The number of carbonyl (C=O) groups excluding carboxylic acids is 1. The largest absolute Gasteiger partial charge is 0.328 e. The molecule has 1 amide bonds. The highest BCUT2D eigenvalue weighted by Gasteiger charge is 2.29. The molecule has 0 spiro atoms. The number of aryl methyl sites for hydroxylation is 1. The molecule has 8 heteroatoms. The van der Waals surface area contributed by atoms with Gasteiger partial charge >= 0.3 is 0 Å². The molecule has 4 aromatic rings. The molecular weight excluding hydrogens is 410 g/mol. The van der Waals surface area contributed by atoms with E-state index >= 15 is 8.78 Å². The van der Waals surface area contributed by atoms with E-state index in [1.54, 1.807) is 0 Å². The van der Waals surface area contributed by atoms with Crippen LogP contribution in [0.4, 0.5) is 8.78 Å². The summed E-state index contributed by atoms with van der Waals surface area (Å²) in [6.07, 6.45) is 2.61. The van der Waals surface area contributed by atoms with Gasteiger partial charge in [0, 0.05) is 33.3 Å². The van der Waals surface area contributed by atoms with E-state index in [2.05, 4.69) is 10.1 Å². The van der Waals surface area contributed by atoms with E-state index in [1.807, 2.05) is 0 Å². The van der Waals surface area contributed by atoms with Crippen molar-refractivity contribution in [2.24, 2.45) is 6.98 Å². The van der Waals surface area contributed by atoms with Crippen molar-refractivity contribution >= 4 is 28.4 Å². The van der Waals surface area contributed by atoms with Crippen LogP contribution in [0, 0.1) is 11.6 Å². The van der Waals surface area contributed by atoms with Crippen molar-refractivity contribution in [3.63, 3.8) is 0 Å². The molecule has 0 aliphatic carbocycles. The number of carbonyl (C=O) groups is 1. The average molecular weight is 430 g/mol. The number of aromatic nitrogens is 3. The summed E-state index contributed by atoms with van der Waals surface area (Å²) in [6.45, 7) is -5.60. The lowest BCUT2D eigenvalue weighted by Gasteiger charge is -2.17. The molecule has 0 N–H and O–H groups in total. The number of rotatable bonds is 3. The zero-order valence-corrected chi connectivity index (χ0v) is 15.9. The maximum atomic E-state index is 15.2. The second-order valence-corrected chi connectivity index (χ2v) is 7.20. The fraction of sp³-hybridized carbons (Fsp3) is 0.136. The van der Waals surface area contributed by atoms with Gasteiger partial charge in [-0.1, -0.05) is 11.6 Å². The summed E-state index contributed by atoms with van der Waals surface area (Å²) < 4.78 is 70.6. The minimum Gasteiger partial charge on any atom is -0.328 e. The van der Waals surface area contributed by atoms with Crippen molar-refractivity contribution in [2.45, 2.75) is 13.0 Å². The lowest BCUT2D eigenvalue weighted by molar-refractivity contribution is 0.0763. The molecule has 3 heterocycles. The summed E-state index contributed by atoms with van der Waals surface area (Å²) >= 11 is 6.16. The van der Waals surface area contributed by atoms with Gasteiger partial charge in [0.2, 0.25) is 0 Å². The smallest absolute Gasteiger partial charge is 0.256 e. The average Bonchev–Trinajstić information content (AvgIpc) is 3.28. The zero-order chi connectivity index (χ0) is 25.3. The summed E-state index contributed by atoms with van der Waals surface area (Å²) in [7, 11) is 0. The maximum Gasteiger partial charge on any atom is 0.256 e. The van der Waals surface area contributed by atoms with Crippen LogP contribution in [0.1, 0.15) is 28.5 Å². The van der Waals surface area contributed by atoms with Crippen LogP contribution in [0.15, 0.2) is 48.8 Å². The lowest BCUT2D eigenvalue weighted by Crippen LogP contribution is -2.24. The molecule has 30 heavy (non-hydrogen) atoms. The van der Waals surface area contributed by atoms with Crippen LogP contribution < -0.4 is 0 Å². The van der Waals surface area contributed by atoms with Gasteiger partial charge in [-0.25, -0.2) is 8.78 Å². The Bertz CT molecular complexity index is 1500. The number of fused-ring (bicyclic) bond motifs is 2. The molecule has 0 bridgehead atoms. The molecule has 1 aliphatic heterocycles. The Morgan fingerprint density at radius 3 is 2.77 bits per heavy atom. The van der Waals surface area contributed by atoms with Crippen LogP contribution >= 0.6 is 11.6 Å². The van der Waals surface area contributed by atoms with Crippen LogP contribution in [0.5, 0.6) is 0 Å². The van der Waals surface area contributed by atoms with Crippen LogP contribution in [-0.4, -0.2) is 25.6 Å². The second kappa shape index (κ2) is 6.88.